The van der Waals surface area contributed by atoms with Gasteiger partial charge in [0, 0.05) is 24.3 Å². The van der Waals surface area contributed by atoms with Gasteiger partial charge >= 0.3 is 0 Å². The van der Waals surface area contributed by atoms with E-state index < -0.39 is 12.5 Å². The van der Waals surface area contributed by atoms with Crippen LogP contribution >= 0.6 is 0 Å². The minimum absolute atomic E-state index is 0.303. The third-order valence-electron chi connectivity index (χ3n) is 3.59. The molecule has 0 saturated carbocycles. The topological polar surface area (TPSA) is 76.7 Å². The van der Waals surface area contributed by atoms with Crippen molar-refractivity contribution in [2.45, 2.75) is 26.3 Å². The fourth-order valence-corrected chi connectivity index (χ4v) is 2.37. The first-order chi connectivity index (χ1) is 12.7. The van der Waals surface area contributed by atoms with Crippen molar-refractivity contribution in [1.29, 1.82) is 0 Å². The van der Waals surface area contributed by atoms with Crippen LogP contribution in [0, 0.1) is 0 Å². The molecule has 0 bridgehead atoms. The largest absolute Gasteiger partial charge is 0.354 e. The van der Waals surface area contributed by atoms with Gasteiger partial charge in [-0.2, -0.15) is 0 Å². The molecule has 2 N–H and O–H groups in total. The number of hydrogen-bond acceptors (Lipinski definition) is 4. The minimum atomic E-state index is -0.819. The number of amides is 2. The number of nitrogens with one attached hydrogen (secondary N) is 2. The van der Waals surface area contributed by atoms with Crippen molar-refractivity contribution in [1.82, 2.24) is 10.6 Å². The highest BCUT2D eigenvalue weighted by Crippen LogP contribution is 2.06. The lowest BCUT2D eigenvalue weighted by atomic mass is 10.2. The van der Waals surface area contributed by atoms with Gasteiger partial charge in [0.2, 0.25) is 0 Å². The van der Waals surface area contributed by atoms with Crippen LogP contribution in [0.1, 0.15) is 34.6 Å². The molecule has 0 saturated heterocycles. The van der Waals surface area contributed by atoms with Crippen molar-refractivity contribution in [3.8, 4) is 0 Å². The molecule has 0 aliphatic carbocycles. The van der Waals surface area contributed by atoms with E-state index in [-0.39, 0.29) is 11.8 Å². The van der Waals surface area contributed by atoms with Gasteiger partial charge in [-0.1, -0.05) is 36.4 Å². The quantitative estimate of drug-likeness (QED) is 0.677. The van der Waals surface area contributed by atoms with Crippen LogP contribution in [0.4, 0.5) is 0 Å². The highest BCUT2D eigenvalue weighted by atomic mass is 16.6. The van der Waals surface area contributed by atoms with E-state index in [1.807, 2.05) is 26.0 Å². The van der Waals surface area contributed by atoms with E-state index in [1.165, 1.54) is 0 Å². The highest BCUT2D eigenvalue weighted by Gasteiger charge is 2.26. The van der Waals surface area contributed by atoms with E-state index in [2.05, 4.69) is 10.6 Å². The SMILES string of the molecule is CCO[C@@H](NC(=O)c1ccccc1)[C@H](NC(=O)c1ccccc1)OCC. The van der Waals surface area contributed by atoms with Crippen LogP contribution in [0.2, 0.25) is 0 Å². The average Bonchev–Trinajstić information content (AvgIpc) is 2.68. The molecule has 0 aliphatic rings. The molecule has 0 fully saturated rings. The summed E-state index contributed by atoms with van der Waals surface area (Å²) in [5.41, 5.74) is 1.00. The average molecular weight is 356 g/mol. The molecule has 0 unspecified atom stereocenters. The summed E-state index contributed by atoms with van der Waals surface area (Å²) in [4.78, 5) is 24.9. The van der Waals surface area contributed by atoms with Gasteiger partial charge in [0.15, 0.2) is 12.5 Å². The standard InChI is InChI=1S/C20H24N2O4/c1-3-25-19(21-17(23)15-11-7-5-8-12-15)20(26-4-2)22-18(24)16-13-9-6-10-14-16/h5-14,19-20H,3-4H2,1-2H3,(H,21,23)(H,22,24)/t19-,20-/m1/s1. The Bertz CT molecular complexity index is 630. The van der Waals surface area contributed by atoms with Crippen molar-refractivity contribution in [3.63, 3.8) is 0 Å². The smallest absolute Gasteiger partial charge is 0.253 e. The van der Waals surface area contributed by atoms with Crippen molar-refractivity contribution >= 4 is 11.8 Å². The van der Waals surface area contributed by atoms with Gasteiger partial charge in [-0.05, 0) is 38.1 Å². The first-order valence-electron chi connectivity index (χ1n) is 8.60. The summed E-state index contributed by atoms with van der Waals surface area (Å²) >= 11 is 0. The summed E-state index contributed by atoms with van der Waals surface area (Å²) in [6, 6.07) is 17.6. The molecule has 2 aromatic carbocycles. The Morgan fingerprint density at radius 1 is 0.731 bits per heavy atom. The van der Waals surface area contributed by atoms with Crippen LogP contribution in [-0.4, -0.2) is 37.5 Å². The molecule has 2 amide bonds. The van der Waals surface area contributed by atoms with Crippen LogP contribution in [-0.2, 0) is 9.47 Å². The summed E-state index contributed by atoms with van der Waals surface area (Å²) < 4.78 is 11.2. The number of carbonyl (C=O) groups is 2. The van der Waals surface area contributed by atoms with Gasteiger partial charge in [-0.25, -0.2) is 0 Å². The normalized spacial score (nSPS) is 12.8. The second kappa shape index (κ2) is 10.3. The van der Waals surface area contributed by atoms with Gasteiger partial charge in [0.1, 0.15) is 0 Å². The van der Waals surface area contributed by atoms with E-state index in [1.54, 1.807) is 48.5 Å². The van der Waals surface area contributed by atoms with Crippen LogP contribution in [0.25, 0.3) is 0 Å². The lowest BCUT2D eigenvalue weighted by Crippen LogP contribution is -2.54. The lowest BCUT2D eigenvalue weighted by Gasteiger charge is -2.28. The summed E-state index contributed by atoms with van der Waals surface area (Å²) in [5.74, 6) is -0.606. The Kier molecular flexibility index (Phi) is 7.79. The van der Waals surface area contributed by atoms with Crippen molar-refractivity contribution in [2.24, 2.45) is 0 Å². The Labute approximate surface area is 153 Å². The third-order valence-corrected chi connectivity index (χ3v) is 3.59. The monoisotopic (exact) mass is 356 g/mol. The maximum atomic E-state index is 12.4. The predicted molar refractivity (Wildman–Crippen MR) is 98.6 cm³/mol. The fraction of sp³-hybridized carbons (Fsp3) is 0.300. The third kappa shape index (κ3) is 5.68. The summed E-state index contributed by atoms with van der Waals surface area (Å²) in [6.45, 7) is 4.32. The molecule has 138 valence electrons. The molecule has 0 aliphatic heterocycles. The Morgan fingerprint density at radius 2 is 1.08 bits per heavy atom. The van der Waals surface area contributed by atoms with Crippen molar-refractivity contribution in [3.05, 3.63) is 71.8 Å². The van der Waals surface area contributed by atoms with Gasteiger partial charge in [-0.3, -0.25) is 9.59 Å². The number of ether oxygens (including phenoxy) is 2. The van der Waals surface area contributed by atoms with Crippen LogP contribution < -0.4 is 10.6 Å². The molecule has 2 rings (SSSR count). The first kappa shape index (κ1) is 19.6. The summed E-state index contributed by atoms with van der Waals surface area (Å²) in [7, 11) is 0. The van der Waals surface area contributed by atoms with Crippen LogP contribution in [0.5, 0.6) is 0 Å². The molecule has 0 heterocycles. The maximum Gasteiger partial charge on any atom is 0.253 e. The van der Waals surface area contributed by atoms with Gasteiger partial charge in [0.05, 0.1) is 0 Å². The molecule has 26 heavy (non-hydrogen) atoms. The van der Waals surface area contributed by atoms with Crippen LogP contribution in [0.3, 0.4) is 0 Å². The molecular formula is C20H24N2O4. The van der Waals surface area contributed by atoms with E-state index >= 15 is 0 Å². The van der Waals surface area contributed by atoms with Gasteiger partial charge in [-0.15, -0.1) is 0 Å². The van der Waals surface area contributed by atoms with E-state index in [4.69, 9.17) is 9.47 Å². The Morgan fingerprint density at radius 3 is 1.38 bits per heavy atom. The highest BCUT2D eigenvalue weighted by molar-refractivity contribution is 5.95. The number of carbonyl (C=O) groups excluding carboxylic acids is 2. The molecule has 2 atom stereocenters. The van der Waals surface area contributed by atoms with E-state index in [0.29, 0.717) is 24.3 Å². The van der Waals surface area contributed by atoms with Crippen molar-refractivity contribution in [2.75, 3.05) is 13.2 Å². The molecule has 2 aromatic rings. The number of benzene rings is 2. The Balaban J connectivity index is 2.11. The first-order valence-corrected chi connectivity index (χ1v) is 8.60. The summed E-state index contributed by atoms with van der Waals surface area (Å²) in [5, 5.41) is 5.55. The zero-order valence-corrected chi connectivity index (χ0v) is 15.0. The second-order valence-electron chi connectivity index (χ2n) is 5.43. The maximum absolute atomic E-state index is 12.4. The zero-order chi connectivity index (χ0) is 18.8. The molecular weight excluding hydrogens is 332 g/mol. The van der Waals surface area contributed by atoms with Crippen molar-refractivity contribution < 1.29 is 19.1 Å². The fourth-order valence-electron chi connectivity index (χ4n) is 2.37. The van der Waals surface area contributed by atoms with E-state index in [9.17, 15) is 9.59 Å². The molecule has 6 nitrogen and oxygen atoms in total. The molecule has 0 spiro atoms. The zero-order valence-electron chi connectivity index (χ0n) is 15.0. The van der Waals surface area contributed by atoms with Gasteiger partial charge < -0.3 is 20.1 Å². The number of hydrogen-bond donors (Lipinski definition) is 2. The lowest BCUT2D eigenvalue weighted by molar-refractivity contribution is -0.0874. The second-order valence-corrected chi connectivity index (χ2v) is 5.43. The number of rotatable bonds is 9. The van der Waals surface area contributed by atoms with Gasteiger partial charge in [0.25, 0.3) is 11.8 Å². The molecule has 0 radical (unpaired) electrons. The molecule has 0 aromatic heterocycles. The molecule has 6 heteroatoms. The van der Waals surface area contributed by atoms with E-state index in [0.717, 1.165) is 0 Å². The summed E-state index contributed by atoms with van der Waals surface area (Å²) in [6.07, 6.45) is -1.64. The van der Waals surface area contributed by atoms with Crippen LogP contribution in [0.15, 0.2) is 60.7 Å². The minimum Gasteiger partial charge on any atom is -0.354 e. The Hall–Kier alpha value is -2.70. The predicted octanol–water partition coefficient (Wildman–Crippen LogP) is 2.57.